The molecule has 0 spiro atoms. The molecule has 0 amide bonds. The number of nitrogens with zero attached hydrogens (tertiary/aromatic N) is 1. The summed E-state index contributed by atoms with van der Waals surface area (Å²) in [6.45, 7) is 4.48. The van der Waals surface area contributed by atoms with Crippen LogP contribution in [0.15, 0.2) is 18.5 Å². The molecule has 0 aliphatic carbocycles. The SMILES string of the molecule is OCCC(c1cc[nH]c1)N1CCNCC1. The highest BCUT2D eigenvalue weighted by Crippen LogP contribution is 2.23. The zero-order chi connectivity index (χ0) is 10.5. The highest BCUT2D eigenvalue weighted by atomic mass is 16.3. The van der Waals surface area contributed by atoms with E-state index in [1.54, 1.807) is 0 Å². The number of hydrogen-bond acceptors (Lipinski definition) is 3. The number of aromatic nitrogens is 1. The van der Waals surface area contributed by atoms with Gasteiger partial charge in [0, 0.05) is 51.2 Å². The normalized spacial score (nSPS) is 20.3. The van der Waals surface area contributed by atoms with Gasteiger partial charge in [-0.2, -0.15) is 0 Å². The van der Waals surface area contributed by atoms with Crippen LogP contribution in [0.3, 0.4) is 0 Å². The summed E-state index contributed by atoms with van der Waals surface area (Å²) in [7, 11) is 0. The summed E-state index contributed by atoms with van der Waals surface area (Å²) in [5.74, 6) is 0. The predicted molar refractivity (Wildman–Crippen MR) is 59.7 cm³/mol. The molecule has 1 aliphatic heterocycles. The minimum atomic E-state index is 0.250. The van der Waals surface area contributed by atoms with Crippen molar-refractivity contribution in [3.63, 3.8) is 0 Å². The van der Waals surface area contributed by atoms with E-state index in [1.165, 1.54) is 5.56 Å². The van der Waals surface area contributed by atoms with Crippen molar-refractivity contribution in [1.29, 1.82) is 0 Å². The number of piperazine rings is 1. The molecular weight excluding hydrogens is 190 g/mol. The van der Waals surface area contributed by atoms with Gasteiger partial charge in [0.2, 0.25) is 0 Å². The fraction of sp³-hybridized carbons (Fsp3) is 0.636. The number of aliphatic hydroxyl groups is 1. The Labute approximate surface area is 90.3 Å². The third-order valence-electron chi connectivity index (χ3n) is 3.00. The highest BCUT2D eigenvalue weighted by Gasteiger charge is 2.21. The van der Waals surface area contributed by atoms with Gasteiger partial charge < -0.3 is 15.4 Å². The molecule has 1 atom stereocenters. The summed E-state index contributed by atoms with van der Waals surface area (Å²) in [4.78, 5) is 5.52. The van der Waals surface area contributed by atoms with Gasteiger partial charge in [-0.25, -0.2) is 0 Å². The topological polar surface area (TPSA) is 51.3 Å². The van der Waals surface area contributed by atoms with Crippen LogP contribution in [0.4, 0.5) is 0 Å². The number of rotatable bonds is 4. The molecule has 0 saturated carbocycles. The van der Waals surface area contributed by atoms with Crippen molar-refractivity contribution in [1.82, 2.24) is 15.2 Å². The summed E-state index contributed by atoms with van der Waals surface area (Å²) < 4.78 is 0. The lowest BCUT2D eigenvalue weighted by Gasteiger charge is -2.34. The summed E-state index contributed by atoms with van der Waals surface area (Å²) in [5, 5.41) is 12.5. The van der Waals surface area contributed by atoms with Crippen molar-refractivity contribution >= 4 is 0 Å². The fourth-order valence-electron chi connectivity index (χ4n) is 2.22. The van der Waals surface area contributed by atoms with Crippen LogP contribution in [0.25, 0.3) is 0 Å². The van der Waals surface area contributed by atoms with Crippen LogP contribution in [0.1, 0.15) is 18.0 Å². The molecule has 4 nitrogen and oxygen atoms in total. The Balaban J connectivity index is 2.04. The van der Waals surface area contributed by atoms with Crippen LogP contribution in [-0.2, 0) is 0 Å². The first-order valence-corrected chi connectivity index (χ1v) is 5.60. The maximum absolute atomic E-state index is 9.11. The van der Waals surface area contributed by atoms with Crippen LogP contribution in [-0.4, -0.2) is 47.8 Å². The Morgan fingerprint density at radius 1 is 1.40 bits per heavy atom. The average Bonchev–Trinajstić information content (AvgIpc) is 2.80. The Bertz CT molecular complexity index is 267. The van der Waals surface area contributed by atoms with Gasteiger partial charge in [0.1, 0.15) is 0 Å². The molecule has 0 radical (unpaired) electrons. The zero-order valence-corrected chi connectivity index (χ0v) is 8.95. The van der Waals surface area contributed by atoms with E-state index in [-0.39, 0.29) is 6.61 Å². The smallest absolute Gasteiger partial charge is 0.0449 e. The van der Waals surface area contributed by atoms with Crippen LogP contribution in [0.5, 0.6) is 0 Å². The van der Waals surface area contributed by atoms with E-state index in [0.717, 1.165) is 32.6 Å². The summed E-state index contributed by atoms with van der Waals surface area (Å²) in [6.07, 6.45) is 4.79. The Morgan fingerprint density at radius 3 is 2.80 bits per heavy atom. The van der Waals surface area contributed by atoms with Crippen molar-refractivity contribution in [2.75, 3.05) is 32.8 Å². The molecule has 84 valence electrons. The van der Waals surface area contributed by atoms with Gasteiger partial charge >= 0.3 is 0 Å². The van der Waals surface area contributed by atoms with Gasteiger partial charge in [-0.1, -0.05) is 0 Å². The lowest BCUT2D eigenvalue weighted by molar-refractivity contribution is 0.141. The number of aliphatic hydroxyl groups excluding tert-OH is 1. The van der Waals surface area contributed by atoms with Gasteiger partial charge in [-0.15, -0.1) is 0 Å². The fourth-order valence-corrected chi connectivity index (χ4v) is 2.22. The van der Waals surface area contributed by atoms with Gasteiger partial charge in [0.05, 0.1) is 0 Å². The van der Waals surface area contributed by atoms with Crippen LogP contribution in [0, 0.1) is 0 Å². The van der Waals surface area contributed by atoms with E-state index >= 15 is 0 Å². The molecule has 3 N–H and O–H groups in total. The Hall–Kier alpha value is -0.840. The molecular formula is C11H19N3O. The third kappa shape index (κ3) is 2.59. The predicted octanol–water partition coefficient (Wildman–Crippen LogP) is 0.343. The number of hydrogen-bond donors (Lipinski definition) is 3. The van der Waals surface area contributed by atoms with Crippen LogP contribution < -0.4 is 5.32 Å². The molecule has 0 bridgehead atoms. The maximum atomic E-state index is 9.11. The standard InChI is InChI=1S/C11H19N3O/c15-8-2-11(10-1-3-13-9-10)14-6-4-12-5-7-14/h1,3,9,11-13,15H,2,4-8H2. The molecule has 15 heavy (non-hydrogen) atoms. The molecule has 2 heterocycles. The lowest BCUT2D eigenvalue weighted by Crippen LogP contribution is -2.45. The average molecular weight is 209 g/mol. The van der Waals surface area contributed by atoms with Crippen molar-refractivity contribution in [2.24, 2.45) is 0 Å². The van der Waals surface area contributed by atoms with Crippen LogP contribution in [0.2, 0.25) is 0 Å². The zero-order valence-electron chi connectivity index (χ0n) is 8.95. The van der Waals surface area contributed by atoms with Crippen molar-refractivity contribution in [3.05, 3.63) is 24.0 Å². The van der Waals surface area contributed by atoms with Crippen LogP contribution >= 0.6 is 0 Å². The monoisotopic (exact) mass is 209 g/mol. The first-order chi connectivity index (χ1) is 7.42. The molecule has 1 fully saturated rings. The highest BCUT2D eigenvalue weighted by molar-refractivity contribution is 5.14. The summed E-state index contributed by atoms with van der Waals surface area (Å²) in [6, 6.07) is 2.46. The maximum Gasteiger partial charge on any atom is 0.0449 e. The number of aromatic amines is 1. The molecule has 1 aromatic heterocycles. The Kier molecular flexibility index (Phi) is 3.77. The van der Waals surface area contributed by atoms with E-state index in [4.69, 9.17) is 5.11 Å². The van der Waals surface area contributed by atoms with E-state index in [1.807, 2.05) is 12.4 Å². The van der Waals surface area contributed by atoms with Gasteiger partial charge in [-0.3, -0.25) is 4.90 Å². The van der Waals surface area contributed by atoms with Crippen molar-refractivity contribution in [2.45, 2.75) is 12.5 Å². The molecule has 4 heteroatoms. The quantitative estimate of drug-likeness (QED) is 0.670. The molecule has 2 rings (SSSR count). The van der Waals surface area contributed by atoms with E-state index < -0.39 is 0 Å². The van der Waals surface area contributed by atoms with Crippen molar-refractivity contribution in [3.8, 4) is 0 Å². The van der Waals surface area contributed by atoms with Crippen molar-refractivity contribution < 1.29 is 5.11 Å². The number of H-pyrrole nitrogens is 1. The summed E-state index contributed by atoms with van der Waals surface area (Å²) >= 11 is 0. The minimum absolute atomic E-state index is 0.250. The van der Waals surface area contributed by atoms with Gasteiger partial charge in [0.25, 0.3) is 0 Å². The molecule has 1 saturated heterocycles. The van der Waals surface area contributed by atoms with Gasteiger partial charge in [0.15, 0.2) is 0 Å². The minimum Gasteiger partial charge on any atom is -0.396 e. The molecule has 1 aliphatic rings. The first kappa shape index (κ1) is 10.7. The summed E-state index contributed by atoms with van der Waals surface area (Å²) in [5.41, 5.74) is 1.28. The molecule has 0 aromatic carbocycles. The largest absolute Gasteiger partial charge is 0.396 e. The molecule has 1 unspecified atom stereocenters. The van der Waals surface area contributed by atoms with Gasteiger partial charge in [-0.05, 0) is 18.1 Å². The lowest BCUT2D eigenvalue weighted by atomic mass is 10.1. The van der Waals surface area contributed by atoms with E-state index in [2.05, 4.69) is 21.3 Å². The van der Waals surface area contributed by atoms with E-state index in [9.17, 15) is 0 Å². The number of nitrogens with one attached hydrogen (secondary N) is 2. The second-order valence-electron chi connectivity index (χ2n) is 3.96. The Morgan fingerprint density at radius 2 is 2.20 bits per heavy atom. The second kappa shape index (κ2) is 5.30. The van der Waals surface area contributed by atoms with E-state index in [0.29, 0.717) is 6.04 Å². The third-order valence-corrected chi connectivity index (χ3v) is 3.00. The second-order valence-corrected chi connectivity index (χ2v) is 3.96. The first-order valence-electron chi connectivity index (χ1n) is 5.60. The molecule has 1 aromatic rings.